The van der Waals surface area contributed by atoms with E-state index < -0.39 is 30.0 Å². The van der Waals surface area contributed by atoms with Crippen molar-refractivity contribution in [3.05, 3.63) is 47.4 Å². The minimum absolute atomic E-state index is 0.0372. The van der Waals surface area contributed by atoms with Crippen LogP contribution >= 0.6 is 0 Å². The lowest BCUT2D eigenvalue weighted by Gasteiger charge is -2.11. The average Bonchev–Trinajstić information content (AvgIpc) is 2.93. The van der Waals surface area contributed by atoms with Crippen LogP contribution in [0, 0.1) is 13.8 Å². The van der Waals surface area contributed by atoms with Crippen molar-refractivity contribution in [1.82, 2.24) is 5.32 Å². The molecule has 0 aliphatic rings. The van der Waals surface area contributed by atoms with E-state index in [9.17, 15) is 27.9 Å². The predicted molar refractivity (Wildman–Crippen MR) is 92.5 cm³/mol. The number of anilines is 1. The smallest absolute Gasteiger partial charge is 0.466 e. The molecular weight excluding hydrogens is 381 g/mol. The minimum atomic E-state index is -4.82. The van der Waals surface area contributed by atoms with Gasteiger partial charge in [0.05, 0.1) is 6.10 Å². The number of benzene rings is 1. The molecule has 3 N–H and O–H groups in total. The molecule has 2 aromatic rings. The third-order valence-corrected chi connectivity index (χ3v) is 3.69. The topological polar surface area (TPSA) is 101 Å². The summed E-state index contributed by atoms with van der Waals surface area (Å²) in [7, 11) is 0. The number of halogens is 3. The van der Waals surface area contributed by atoms with E-state index in [1.807, 2.05) is 0 Å². The van der Waals surface area contributed by atoms with Gasteiger partial charge in [0.25, 0.3) is 0 Å². The standard InChI is InChI=1S/C18H19F3N2O5/c1-10-9-14(11(2)27-10)15(24)7-8-22-16(25)17(26)23-12-3-5-13(6-4-12)28-18(19,20)21/h3-6,9,15,24H,7-8H2,1-2H3,(H,22,25)(H,23,26)/t15-/m0/s1. The summed E-state index contributed by atoms with van der Waals surface area (Å²) in [6.45, 7) is 3.50. The highest BCUT2D eigenvalue weighted by atomic mass is 19.4. The monoisotopic (exact) mass is 400 g/mol. The molecule has 2 rings (SSSR count). The third kappa shape index (κ3) is 6.31. The summed E-state index contributed by atoms with van der Waals surface area (Å²) >= 11 is 0. The van der Waals surface area contributed by atoms with Gasteiger partial charge >= 0.3 is 18.2 Å². The first-order valence-corrected chi connectivity index (χ1v) is 8.25. The summed E-state index contributed by atoms with van der Waals surface area (Å²) in [6.07, 6.45) is -5.51. The van der Waals surface area contributed by atoms with E-state index in [0.717, 1.165) is 12.1 Å². The maximum Gasteiger partial charge on any atom is 0.573 e. The number of alkyl halides is 3. The number of aliphatic hydroxyl groups excluding tert-OH is 1. The van der Waals surface area contributed by atoms with Crippen molar-refractivity contribution >= 4 is 17.5 Å². The predicted octanol–water partition coefficient (Wildman–Crippen LogP) is 2.97. The van der Waals surface area contributed by atoms with Gasteiger partial charge in [0.1, 0.15) is 17.3 Å². The van der Waals surface area contributed by atoms with Gasteiger partial charge in [-0.25, -0.2) is 0 Å². The summed E-state index contributed by atoms with van der Waals surface area (Å²) in [5.74, 6) is -1.15. The van der Waals surface area contributed by atoms with Gasteiger partial charge in [-0.2, -0.15) is 0 Å². The SMILES string of the molecule is Cc1cc([C@@H](O)CCNC(=O)C(=O)Nc2ccc(OC(F)(F)F)cc2)c(C)o1. The number of hydrogen-bond acceptors (Lipinski definition) is 5. The molecule has 0 spiro atoms. The van der Waals surface area contributed by atoms with Crippen LogP contribution in [0.3, 0.4) is 0 Å². The molecule has 2 amide bonds. The van der Waals surface area contributed by atoms with Crippen LogP contribution in [0.4, 0.5) is 18.9 Å². The highest BCUT2D eigenvalue weighted by Crippen LogP contribution is 2.24. The Kier molecular flexibility index (Phi) is 6.68. The van der Waals surface area contributed by atoms with Crippen molar-refractivity contribution in [3.8, 4) is 5.75 Å². The largest absolute Gasteiger partial charge is 0.573 e. The number of rotatable bonds is 6. The molecule has 10 heteroatoms. The number of ether oxygens (including phenoxy) is 1. The Morgan fingerprint density at radius 2 is 1.82 bits per heavy atom. The molecule has 0 aliphatic heterocycles. The van der Waals surface area contributed by atoms with Crippen LogP contribution in [-0.2, 0) is 9.59 Å². The number of furan rings is 1. The second kappa shape index (κ2) is 8.79. The minimum Gasteiger partial charge on any atom is -0.466 e. The fourth-order valence-corrected chi connectivity index (χ4v) is 2.47. The second-order valence-electron chi connectivity index (χ2n) is 5.96. The van der Waals surface area contributed by atoms with Crippen LogP contribution in [0.5, 0.6) is 5.75 Å². The van der Waals surface area contributed by atoms with Crippen molar-refractivity contribution in [1.29, 1.82) is 0 Å². The molecule has 0 fully saturated rings. The summed E-state index contributed by atoms with van der Waals surface area (Å²) in [6, 6.07) is 6.04. The molecule has 0 aliphatic carbocycles. The van der Waals surface area contributed by atoms with E-state index in [1.54, 1.807) is 19.9 Å². The fourth-order valence-electron chi connectivity index (χ4n) is 2.47. The zero-order chi connectivity index (χ0) is 20.9. The zero-order valence-corrected chi connectivity index (χ0v) is 15.1. The molecule has 7 nitrogen and oxygen atoms in total. The molecule has 0 radical (unpaired) electrons. The van der Waals surface area contributed by atoms with Gasteiger partial charge in [-0.3, -0.25) is 9.59 Å². The van der Waals surface area contributed by atoms with Crippen molar-refractivity contribution in [2.45, 2.75) is 32.7 Å². The lowest BCUT2D eigenvalue weighted by atomic mass is 10.1. The van der Waals surface area contributed by atoms with Gasteiger partial charge in [-0.1, -0.05) is 0 Å². The first-order valence-electron chi connectivity index (χ1n) is 8.25. The van der Waals surface area contributed by atoms with E-state index in [2.05, 4.69) is 15.4 Å². The lowest BCUT2D eigenvalue weighted by molar-refractivity contribution is -0.274. The van der Waals surface area contributed by atoms with E-state index >= 15 is 0 Å². The fraction of sp³-hybridized carbons (Fsp3) is 0.333. The Morgan fingerprint density at radius 3 is 2.36 bits per heavy atom. The van der Waals surface area contributed by atoms with Crippen LogP contribution in [-0.4, -0.2) is 29.8 Å². The number of carbonyl (C=O) groups is 2. The molecule has 1 heterocycles. The van der Waals surface area contributed by atoms with Crippen LogP contribution in [0.1, 0.15) is 29.6 Å². The maximum absolute atomic E-state index is 12.1. The Morgan fingerprint density at radius 1 is 1.18 bits per heavy atom. The normalized spacial score (nSPS) is 12.4. The molecule has 152 valence electrons. The van der Waals surface area contributed by atoms with Crippen LogP contribution in [0.15, 0.2) is 34.7 Å². The summed E-state index contributed by atoms with van der Waals surface area (Å²) in [5, 5.41) is 14.7. The average molecular weight is 400 g/mol. The molecule has 28 heavy (non-hydrogen) atoms. The van der Waals surface area contributed by atoms with Gasteiger partial charge < -0.3 is 24.9 Å². The molecule has 0 unspecified atom stereocenters. The van der Waals surface area contributed by atoms with Crippen molar-refractivity contribution in [3.63, 3.8) is 0 Å². The number of carbonyl (C=O) groups excluding carboxylic acids is 2. The lowest BCUT2D eigenvalue weighted by Crippen LogP contribution is -2.36. The maximum atomic E-state index is 12.1. The van der Waals surface area contributed by atoms with E-state index in [1.165, 1.54) is 12.1 Å². The quantitative estimate of drug-likeness (QED) is 0.648. The van der Waals surface area contributed by atoms with Gasteiger partial charge in [-0.15, -0.1) is 13.2 Å². The van der Waals surface area contributed by atoms with Crippen LogP contribution < -0.4 is 15.4 Å². The van der Waals surface area contributed by atoms with Gasteiger partial charge in [0.2, 0.25) is 0 Å². The number of nitrogens with one attached hydrogen (secondary N) is 2. The Labute approximate surface area is 158 Å². The summed E-state index contributed by atoms with van der Waals surface area (Å²) in [4.78, 5) is 23.6. The van der Waals surface area contributed by atoms with Crippen LogP contribution in [0.2, 0.25) is 0 Å². The summed E-state index contributed by atoms with van der Waals surface area (Å²) < 4.78 is 45.3. The Hall–Kier alpha value is -3.01. The van der Waals surface area contributed by atoms with E-state index in [0.29, 0.717) is 17.1 Å². The molecule has 1 aromatic carbocycles. The van der Waals surface area contributed by atoms with Gasteiger partial charge in [0.15, 0.2) is 0 Å². The Bertz CT molecular complexity index is 831. The first kappa shape index (κ1) is 21.3. The van der Waals surface area contributed by atoms with Crippen LogP contribution in [0.25, 0.3) is 0 Å². The van der Waals surface area contributed by atoms with E-state index in [-0.39, 0.29) is 18.7 Å². The number of aliphatic hydroxyl groups is 1. The number of hydrogen-bond donors (Lipinski definition) is 3. The number of aryl methyl sites for hydroxylation is 2. The van der Waals surface area contributed by atoms with Crippen molar-refractivity contribution in [2.24, 2.45) is 0 Å². The van der Waals surface area contributed by atoms with Crippen molar-refractivity contribution in [2.75, 3.05) is 11.9 Å². The Balaban J connectivity index is 1.79. The van der Waals surface area contributed by atoms with Gasteiger partial charge in [-0.05, 0) is 50.6 Å². The van der Waals surface area contributed by atoms with E-state index in [4.69, 9.17) is 4.42 Å². The van der Waals surface area contributed by atoms with Gasteiger partial charge in [0, 0.05) is 17.8 Å². The molecule has 1 aromatic heterocycles. The second-order valence-corrected chi connectivity index (χ2v) is 5.96. The molecule has 0 saturated carbocycles. The first-order chi connectivity index (χ1) is 13.0. The number of amides is 2. The zero-order valence-electron chi connectivity index (χ0n) is 15.1. The van der Waals surface area contributed by atoms with Crippen molar-refractivity contribution < 1.29 is 37.0 Å². The molecule has 0 bridgehead atoms. The molecular formula is C18H19F3N2O5. The third-order valence-electron chi connectivity index (χ3n) is 3.69. The molecule has 0 saturated heterocycles. The highest BCUT2D eigenvalue weighted by Gasteiger charge is 2.31. The highest BCUT2D eigenvalue weighted by molar-refractivity contribution is 6.39. The molecule has 1 atom stereocenters. The summed E-state index contributed by atoms with van der Waals surface area (Å²) in [5.41, 5.74) is 0.733.